The first-order chi connectivity index (χ1) is 12.8. The minimum absolute atomic E-state index is 0.303. The highest BCUT2D eigenvalue weighted by Crippen LogP contribution is 2.26. The molecule has 0 aliphatic carbocycles. The third kappa shape index (κ3) is 2.46. The lowest BCUT2D eigenvalue weighted by Crippen LogP contribution is -2.28. The second-order valence-corrected chi connectivity index (χ2v) is 6.33. The fraction of sp³-hybridized carbons (Fsp3) is 0.278. The van der Waals surface area contributed by atoms with Crippen molar-refractivity contribution in [3.63, 3.8) is 0 Å². The van der Waals surface area contributed by atoms with Crippen LogP contribution < -0.4 is 10.2 Å². The molecule has 26 heavy (non-hydrogen) atoms. The highest BCUT2D eigenvalue weighted by molar-refractivity contribution is 5.89. The predicted molar refractivity (Wildman–Crippen MR) is 95.2 cm³/mol. The van der Waals surface area contributed by atoms with Crippen molar-refractivity contribution in [3.8, 4) is 17.2 Å². The number of hydrogen-bond acceptors (Lipinski definition) is 5. The number of aromatic nitrogens is 4. The highest BCUT2D eigenvalue weighted by atomic mass is 16.6. The van der Waals surface area contributed by atoms with Gasteiger partial charge in [0.25, 0.3) is 0 Å². The summed E-state index contributed by atoms with van der Waals surface area (Å²) in [6, 6.07) is 9.88. The van der Waals surface area contributed by atoms with Crippen LogP contribution in [-0.4, -0.2) is 45.1 Å². The first-order valence-corrected chi connectivity index (χ1v) is 8.65. The Bertz CT molecular complexity index is 952. The number of carbonyl (C=O) groups excluding carboxylic acids is 1. The summed E-state index contributed by atoms with van der Waals surface area (Å²) in [5, 5.41) is 8.05. The monoisotopic (exact) mass is 350 g/mol. The largest absolute Gasteiger partial charge is 0.447 e. The topological polar surface area (TPSA) is 77.2 Å². The fourth-order valence-electron chi connectivity index (χ4n) is 3.44. The molecule has 132 valence electrons. The van der Waals surface area contributed by atoms with Gasteiger partial charge in [0.15, 0.2) is 5.82 Å². The minimum atomic E-state index is -0.303. The molecule has 2 aliphatic rings. The van der Waals surface area contributed by atoms with Crippen LogP contribution in [0.25, 0.3) is 17.2 Å². The number of benzene rings is 1. The number of anilines is 1. The molecule has 4 heterocycles. The van der Waals surface area contributed by atoms with E-state index in [1.165, 1.54) is 0 Å². The molecule has 0 saturated carbocycles. The van der Waals surface area contributed by atoms with Crippen molar-refractivity contribution in [1.82, 2.24) is 24.6 Å². The maximum absolute atomic E-state index is 11.8. The maximum atomic E-state index is 11.8. The van der Waals surface area contributed by atoms with Gasteiger partial charge in [-0.25, -0.2) is 9.78 Å². The molecule has 8 nitrogen and oxygen atoms in total. The second kappa shape index (κ2) is 5.99. The van der Waals surface area contributed by atoms with Gasteiger partial charge in [0.1, 0.15) is 12.3 Å². The number of hydrogen-bond donors (Lipinski definition) is 1. The lowest BCUT2D eigenvalue weighted by atomic mass is 10.2. The molecule has 3 aromatic rings. The van der Waals surface area contributed by atoms with Gasteiger partial charge in [-0.3, -0.25) is 14.1 Å². The van der Waals surface area contributed by atoms with Crippen molar-refractivity contribution in [3.05, 3.63) is 48.4 Å². The average Bonchev–Trinajstić information content (AvgIpc) is 3.40. The number of fused-ring (bicyclic) bond motifs is 1. The summed E-state index contributed by atoms with van der Waals surface area (Å²) in [6.45, 7) is 3.60. The zero-order valence-electron chi connectivity index (χ0n) is 14.1. The van der Waals surface area contributed by atoms with Crippen LogP contribution in [0.15, 0.2) is 42.7 Å². The molecule has 1 fully saturated rings. The van der Waals surface area contributed by atoms with E-state index >= 15 is 0 Å². The molecule has 0 radical (unpaired) electrons. The zero-order valence-corrected chi connectivity index (χ0v) is 14.1. The lowest BCUT2D eigenvalue weighted by molar-refractivity contribution is 0.181. The van der Waals surface area contributed by atoms with Crippen LogP contribution in [0, 0.1) is 0 Å². The van der Waals surface area contributed by atoms with Crippen LogP contribution in [0.3, 0.4) is 0 Å². The number of ether oxygens (including phenoxy) is 1. The van der Waals surface area contributed by atoms with E-state index < -0.39 is 0 Å². The molecule has 1 saturated heterocycles. The number of nitrogens with one attached hydrogen (secondary N) is 1. The zero-order chi connectivity index (χ0) is 17.5. The van der Waals surface area contributed by atoms with Gasteiger partial charge in [-0.15, -0.1) is 0 Å². The van der Waals surface area contributed by atoms with E-state index in [-0.39, 0.29) is 6.09 Å². The Morgan fingerprint density at radius 3 is 2.92 bits per heavy atom. The Labute approximate surface area is 150 Å². The van der Waals surface area contributed by atoms with Crippen LogP contribution in [-0.2, 0) is 17.8 Å². The van der Waals surface area contributed by atoms with Gasteiger partial charge in [0.05, 0.1) is 18.8 Å². The van der Waals surface area contributed by atoms with Crippen LogP contribution in [0.4, 0.5) is 10.5 Å². The molecule has 0 spiro atoms. The molecule has 5 rings (SSSR count). The molecule has 2 aromatic heterocycles. The van der Waals surface area contributed by atoms with E-state index in [0.29, 0.717) is 13.2 Å². The maximum Gasteiger partial charge on any atom is 0.414 e. The Hall–Kier alpha value is -3.13. The van der Waals surface area contributed by atoms with Crippen molar-refractivity contribution in [2.24, 2.45) is 0 Å². The van der Waals surface area contributed by atoms with Gasteiger partial charge in [0, 0.05) is 36.9 Å². The second-order valence-electron chi connectivity index (χ2n) is 6.33. The Morgan fingerprint density at radius 2 is 2.08 bits per heavy atom. The van der Waals surface area contributed by atoms with Crippen LogP contribution >= 0.6 is 0 Å². The van der Waals surface area contributed by atoms with E-state index in [4.69, 9.17) is 9.84 Å². The average molecular weight is 350 g/mol. The fourth-order valence-corrected chi connectivity index (χ4v) is 3.44. The molecular weight excluding hydrogens is 332 g/mol. The number of imidazole rings is 1. The Morgan fingerprint density at radius 1 is 1.15 bits per heavy atom. The first-order valence-electron chi connectivity index (χ1n) is 8.65. The summed E-state index contributed by atoms with van der Waals surface area (Å²) < 4.78 is 9.06. The van der Waals surface area contributed by atoms with Gasteiger partial charge in [0.2, 0.25) is 0 Å². The summed E-state index contributed by atoms with van der Waals surface area (Å²) >= 11 is 0. The van der Waals surface area contributed by atoms with Crippen LogP contribution in [0.5, 0.6) is 0 Å². The highest BCUT2D eigenvalue weighted by Gasteiger charge is 2.24. The van der Waals surface area contributed by atoms with E-state index in [9.17, 15) is 4.79 Å². The van der Waals surface area contributed by atoms with Gasteiger partial charge in [-0.2, -0.15) is 5.10 Å². The molecule has 0 atom stereocenters. The summed E-state index contributed by atoms with van der Waals surface area (Å²) in [4.78, 5) is 18.0. The summed E-state index contributed by atoms with van der Waals surface area (Å²) in [6.07, 6.45) is 3.37. The minimum Gasteiger partial charge on any atom is -0.447 e. The van der Waals surface area contributed by atoms with Gasteiger partial charge in [-0.1, -0.05) is 6.07 Å². The molecule has 1 N–H and O–H groups in total. The van der Waals surface area contributed by atoms with Crippen molar-refractivity contribution >= 4 is 11.8 Å². The summed E-state index contributed by atoms with van der Waals surface area (Å²) in [7, 11) is 0. The van der Waals surface area contributed by atoms with E-state index in [0.717, 1.165) is 48.2 Å². The van der Waals surface area contributed by atoms with E-state index in [1.807, 2.05) is 39.7 Å². The predicted octanol–water partition coefficient (Wildman–Crippen LogP) is 1.80. The molecule has 2 aliphatic heterocycles. The molecule has 0 unspecified atom stereocenters. The van der Waals surface area contributed by atoms with Crippen LogP contribution in [0.2, 0.25) is 0 Å². The quantitative estimate of drug-likeness (QED) is 0.779. The number of carbonyl (C=O) groups is 1. The van der Waals surface area contributed by atoms with Gasteiger partial charge in [-0.05, 0) is 24.3 Å². The van der Waals surface area contributed by atoms with Gasteiger partial charge >= 0.3 is 6.09 Å². The number of cyclic esters (lactones) is 1. The smallest absolute Gasteiger partial charge is 0.414 e. The van der Waals surface area contributed by atoms with Crippen molar-refractivity contribution < 1.29 is 9.53 Å². The Kier molecular flexibility index (Phi) is 3.49. The molecule has 1 amide bonds. The SMILES string of the molecule is O=C1OCCN1c1cccc(-n2ccnc2-c2cc3n(n2)CCNC3)c1. The summed E-state index contributed by atoms with van der Waals surface area (Å²) in [5.74, 6) is 0.785. The molecule has 1 aromatic carbocycles. The van der Waals surface area contributed by atoms with Crippen molar-refractivity contribution in [1.29, 1.82) is 0 Å². The number of nitrogens with zero attached hydrogens (tertiary/aromatic N) is 5. The van der Waals surface area contributed by atoms with Gasteiger partial charge < -0.3 is 10.1 Å². The molecule has 0 bridgehead atoms. The third-order valence-electron chi connectivity index (χ3n) is 4.72. The standard InChI is InChI=1S/C18H18N6O2/c25-18-23(8-9-26-18)14-3-1-2-13(10-14)22-6-5-20-17(22)16-11-15-12-19-4-7-24(15)21-16/h1-3,5-6,10-11,19H,4,7-9,12H2. The normalized spacial score (nSPS) is 16.6. The third-order valence-corrected chi connectivity index (χ3v) is 4.72. The van der Waals surface area contributed by atoms with E-state index in [1.54, 1.807) is 11.1 Å². The van der Waals surface area contributed by atoms with E-state index in [2.05, 4.69) is 16.4 Å². The van der Waals surface area contributed by atoms with Crippen molar-refractivity contribution in [2.45, 2.75) is 13.1 Å². The van der Waals surface area contributed by atoms with Crippen LogP contribution in [0.1, 0.15) is 5.69 Å². The first kappa shape index (κ1) is 15.2. The van der Waals surface area contributed by atoms with Crippen molar-refractivity contribution in [2.75, 3.05) is 24.6 Å². The summed E-state index contributed by atoms with van der Waals surface area (Å²) in [5.41, 5.74) is 3.76. The number of rotatable bonds is 3. The number of amides is 1. The molecular formula is C18H18N6O2. The Balaban J connectivity index is 1.53. The lowest BCUT2D eigenvalue weighted by Gasteiger charge is -2.15. The molecule has 8 heteroatoms.